The molecular formula is C13H22N4O. The van der Waals surface area contributed by atoms with Crippen molar-refractivity contribution in [3.63, 3.8) is 0 Å². The molecule has 0 saturated carbocycles. The number of piperidine rings is 1. The van der Waals surface area contributed by atoms with Crippen molar-refractivity contribution in [3.8, 4) is 0 Å². The van der Waals surface area contributed by atoms with E-state index >= 15 is 0 Å². The molecule has 100 valence electrons. The third-order valence-corrected chi connectivity index (χ3v) is 3.85. The van der Waals surface area contributed by atoms with Gasteiger partial charge in [-0.05, 0) is 19.3 Å². The Hall–Kier alpha value is -1.36. The zero-order chi connectivity index (χ0) is 13.3. The molecular weight excluding hydrogens is 228 g/mol. The SMILES string of the molecule is CCC1CN(C(=O)c2cn(C)nc2C)CCC1N. The summed E-state index contributed by atoms with van der Waals surface area (Å²) in [6.07, 6.45) is 3.72. The van der Waals surface area contributed by atoms with Gasteiger partial charge in [0.25, 0.3) is 5.91 Å². The second-order valence-electron chi connectivity index (χ2n) is 5.17. The van der Waals surface area contributed by atoms with Gasteiger partial charge in [-0.1, -0.05) is 13.3 Å². The number of carbonyl (C=O) groups excluding carboxylic acids is 1. The smallest absolute Gasteiger partial charge is 0.257 e. The Morgan fingerprint density at radius 3 is 2.89 bits per heavy atom. The summed E-state index contributed by atoms with van der Waals surface area (Å²) in [7, 11) is 1.84. The zero-order valence-electron chi connectivity index (χ0n) is 11.4. The summed E-state index contributed by atoms with van der Waals surface area (Å²) in [5, 5.41) is 4.23. The first-order valence-electron chi connectivity index (χ1n) is 6.58. The lowest BCUT2D eigenvalue weighted by molar-refractivity contribution is 0.0648. The Bertz CT molecular complexity index is 440. The fourth-order valence-corrected chi connectivity index (χ4v) is 2.65. The fraction of sp³-hybridized carbons (Fsp3) is 0.692. The average molecular weight is 250 g/mol. The molecule has 1 aliphatic rings. The van der Waals surface area contributed by atoms with E-state index in [0.29, 0.717) is 11.5 Å². The van der Waals surface area contributed by atoms with Crippen molar-refractivity contribution in [2.75, 3.05) is 13.1 Å². The molecule has 2 heterocycles. The van der Waals surface area contributed by atoms with Crippen LogP contribution in [-0.2, 0) is 7.05 Å². The van der Waals surface area contributed by atoms with Crippen LogP contribution in [0.5, 0.6) is 0 Å². The Morgan fingerprint density at radius 2 is 2.33 bits per heavy atom. The Labute approximate surface area is 108 Å². The summed E-state index contributed by atoms with van der Waals surface area (Å²) in [5.41, 5.74) is 7.58. The van der Waals surface area contributed by atoms with Crippen LogP contribution in [-0.4, -0.2) is 39.7 Å². The lowest BCUT2D eigenvalue weighted by atomic mass is 9.90. The Kier molecular flexibility index (Phi) is 3.71. The van der Waals surface area contributed by atoms with Crippen LogP contribution >= 0.6 is 0 Å². The normalized spacial score (nSPS) is 24.3. The molecule has 1 aromatic rings. The molecule has 0 bridgehead atoms. The molecule has 1 aliphatic heterocycles. The molecule has 2 atom stereocenters. The fourth-order valence-electron chi connectivity index (χ4n) is 2.65. The number of nitrogens with two attached hydrogens (primary N) is 1. The van der Waals surface area contributed by atoms with Gasteiger partial charge < -0.3 is 10.6 Å². The van der Waals surface area contributed by atoms with Crippen molar-refractivity contribution in [1.82, 2.24) is 14.7 Å². The number of aromatic nitrogens is 2. The van der Waals surface area contributed by atoms with Gasteiger partial charge in [0.2, 0.25) is 0 Å². The summed E-state index contributed by atoms with van der Waals surface area (Å²) in [6.45, 7) is 5.53. The highest BCUT2D eigenvalue weighted by Crippen LogP contribution is 2.21. The van der Waals surface area contributed by atoms with E-state index < -0.39 is 0 Å². The molecule has 5 nitrogen and oxygen atoms in total. The van der Waals surface area contributed by atoms with E-state index in [2.05, 4.69) is 12.0 Å². The van der Waals surface area contributed by atoms with Gasteiger partial charge in [0.1, 0.15) is 0 Å². The minimum absolute atomic E-state index is 0.0888. The van der Waals surface area contributed by atoms with Crippen molar-refractivity contribution < 1.29 is 4.79 Å². The number of amides is 1. The van der Waals surface area contributed by atoms with E-state index in [1.165, 1.54) is 0 Å². The summed E-state index contributed by atoms with van der Waals surface area (Å²) < 4.78 is 1.69. The molecule has 1 amide bonds. The first-order valence-corrected chi connectivity index (χ1v) is 6.58. The number of aryl methyl sites for hydroxylation is 2. The van der Waals surface area contributed by atoms with E-state index in [-0.39, 0.29) is 11.9 Å². The van der Waals surface area contributed by atoms with Gasteiger partial charge in [0, 0.05) is 32.4 Å². The van der Waals surface area contributed by atoms with Crippen LogP contribution in [0.15, 0.2) is 6.20 Å². The Balaban J connectivity index is 2.12. The monoisotopic (exact) mass is 250 g/mol. The van der Waals surface area contributed by atoms with E-state index in [0.717, 1.165) is 31.6 Å². The lowest BCUT2D eigenvalue weighted by Gasteiger charge is -2.36. The van der Waals surface area contributed by atoms with Crippen LogP contribution in [0.25, 0.3) is 0 Å². The maximum Gasteiger partial charge on any atom is 0.257 e. The predicted molar refractivity (Wildman–Crippen MR) is 70.2 cm³/mol. The van der Waals surface area contributed by atoms with Gasteiger partial charge in [-0.3, -0.25) is 9.48 Å². The van der Waals surface area contributed by atoms with Gasteiger partial charge >= 0.3 is 0 Å². The highest BCUT2D eigenvalue weighted by atomic mass is 16.2. The maximum atomic E-state index is 12.4. The molecule has 1 aromatic heterocycles. The van der Waals surface area contributed by atoms with Crippen LogP contribution in [0.3, 0.4) is 0 Å². The van der Waals surface area contributed by atoms with Crippen LogP contribution in [0.2, 0.25) is 0 Å². The molecule has 1 saturated heterocycles. The van der Waals surface area contributed by atoms with E-state index in [1.807, 2.05) is 18.9 Å². The number of rotatable bonds is 2. The number of hydrogen-bond acceptors (Lipinski definition) is 3. The van der Waals surface area contributed by atoms with Crippen molar-refractivity contribution in [1.29, 1.82) is 0 Å². The van der Waals surface area contributed by atoms with Gasteiger partial charge in [0.15, 0.2) is 0 Å². The lowest BCUT2D eigenvalue weighted by Crippen LogP contribution is -2.49. The standard InChI is InChI=1S/C13H22N4O/c1-4-10-7-17(6-5-12(10)14)13(18)11-8-16(3)15-9(11)2/h8,10,12H,4-7,14H2,1-3H3. The molecule has 1 fully saturated rings. The molecule has 2 unspecified atom stereocenters. The molecule has 0 aliphatic carbocycles. The number of nitrogens with zero attached hydrogens (tertiary/aromatic N) is 3. The largest absolute Gasteiger partial charge is 0.338 e. The minimum atomic E-state index is 0.0888. The number of likely N-dealkylation sites (tertiary alicyclic amines) is 1. The molecule has 2 rings (SSSR count). The topological polar surface area (TPSA) is 64.2 Å². The molecule has 2 N–H and O–H groups in total. The van der Waals surface area contributed by atoms with E-state index in [9.17, 15) is 4.79 Å². The minimum Gasteiger partial charge on any atom is -0.338 e. The molecule has 0 aromatic carbocycles. The molecule has 0 spiro atoms. The number of carbonyl (C=O) groups is 1. The molecule has 0 radical (unpaired) electrons. The summed E-state index contributed by atoms with van der Waals surface area (Å²) >= 11 is 0. The van der Waals surface area contributed by atoms with Crippen LogP contribution in [0.4, 0.5) is 0 Å². The van der Waals surface area contributed by atoms with Crippen molar-refractivity contribution in [3.05, 3.63) is 17.5 Å². The first-order chi connectivity index (χ1) is 8.52. The quantitative estimate of drug-likeness (QED) is 0.849. The molecule has 5 heteroatoms. The first kappa shape index (κ1) is 13.1. The third-order valence-electron chi connectivity index (χ3n) is 3.85. The van der Waals surface area contributed by atoms with Gasteiger partial charge in [-0.25, -0.2) is 0 Å². The zero-order valence-corrected chi connectivity index (χ0v) is 11.4. The van der Waals surface area contributed by atoms with Crippen LogP contribution in [0, 0.1) is 12.8 Å². The van der Waals surface area contributed by atoms with Crippen LogP contribution in [0.1, 0.15) is 35.8 Å². The average Bonchev–Trinajstić information content (AvgIpc) is 2.68. The summed E-state index contributed by atoms with van der Waals surface area (Å²) in [4.78, 5) is 14.4. The maximum absolute atomic E-state index is 12.4. The van der Waals surface area contributed by atoms with Gasteiger partial charge in [0.05, 0.1) is 11.3 Å². The second-order valence-corrected chi connectivity index (χ2v) is 5.17. The predicted octanol–water partition coefficient (Wildman–Crippen LogP) is 0.928. The molecule has 18 heavy (non-hydrogen) atoms. The number of hydrogen-bond donors (Lipinski definition) is 1. The summed E-state index contributed by atoms with van der Waals surface area (Å²) in [5.74, 6) is 0.505. The van der Waals surface area contributed by atoms with Crippen molar-refractivity contribution >= 4 is 5.91 Å². The Morgan fingerprint density at radius 1 is 1.61 bits per heavy atom. The summed E-state index contributed by atoms with van der Waals surface area (Å²) in [6, 6.07) is 0.231. The van der Waals surface area contributed by atoms with Gasteiger partial charge in [-0.2, -0.15) is 5.10 Å². The van der Waals surface area contributed by atoms with E-state index in [4.69, 9.17) is 5.73 Å². The second kappa shape index (κ2) is 5.10. The van der Waals surface area contributed by atoms with Crippen molar-refractivity contribution in [2.24, 2.45) is 18.7 Å². The van der Waals surface area contributed by atoms with Gasteiger partial charge in [-0.15, -0.1) is 0 Å². The van der Waals surface area contributed by atoms with Crippen molar-refractivity contribution in [2.45, 2.75) is 32.7 Å². The van der Waals surface area contributed by atoms with E-state index in [1.54, 1.807) is 10.9 Å². The third kappa shape index (κ3) is 2.41. The highest BCUT2D eigenvalue weighted by Gasteiger charge is 2.29. The van der Waals surface area contributed by atoms with Crippen LogP contribution < -0.4 is 5.73 Å². The highest BCUT2D eigenvalue weighted by molar-refractivity contribution is 5.95.